The maximum Gasteiger partial charge on any atom is 0.239 e. The molecule has 0 heterocycles. The van der Waals surface area contributed by atoms with E-state index >= 15 is 0 Å². The van der Waals surface area contributed by atoms with Gasteiger partial charge in [-0.1, -0.05) is 0 Å². The molecule has 0 atom stereocenters. The minimum atomic E-state index is -0.220. The topological polar surface area (TPSA) is 56.1 Å². The lowest BCUT2D eigenvalue weighted by atomic mass is 10.1. The van der Waals surface area contributed by atoms with Crippen LogP contribution in [0, 0.1) is 11.3 Å². The first-order chi connectivity index (χ1) is 8.31. The van der Waals surface area contributed by atoms with Crippen molar-refractivity contribution in [1.29, 1.82) is 5.26 Å². The SMILES string of the molecule is CN(CC(=O)NC(C)(C)C)c1ccc(C#N)cc1. The van der Waals surface area contributed by atoms with Crippen LogP contribution >= 0.6 is 0 Å². The molecule has 0 aromatic heterocycles. The van der Waals surface area contributed by atoms with Gasteiger partial charge in [0, 0.05) is 18.3 Å². The number of hydrogen-bond acceptors (Lipinski definition) is 3. The smallest absolute Gasteiger partial charge is 0.239 e. The van der Waals surface area contributed by atoms with E-state index < -0.39 is 0 Å². The van der Waals surface area contributed by atoms with E-state index in [0.717, 1.165) is 5.69 Å². The van der Waals surface area contributed by atoms with Gasteiger partial charge < -0.3 is 10.2 Å². The van der Waals surface area contributed by atoms with E-state index in [4.69, 9.17) is 5.26 Å². The first-order valence-corrected chi connectivity index (χ1v) is 5.84. The van der Waals surface area contributed by atoms with Gasteiger partial charge >= 0.3 is 0 Å². The molecule has 1 aromatic rings. The highest BCUT2D eigenvalue weighted by molar-refractivity contribution is 5.81. The van der Waals surface area contributed by atoms with Gasteiger partial charge in [0.1, 0.15) is 0 Å². The number of rotatable bonds is 3. The van der Waals surface area contributed by atoms with Crippen molar-refractivity contribution in [1.82, 2.24) is 5.32 Å². The Balaban J connectivity index is 2.62. The zero-order chi connectivity index (χ0) is 13.8. The number of likely N-dealkylation sites (N-methyl/N-ethyl adjacent to an activating group) is 1. The summed E-state index contributed by atoms with van der Waals surface area (Å²) in [5.74, 6) is -0.0191. The lowest BCUT2D eigenvalue weighted by Crippen LogP contribution is -2.45. The summed E-state index contributed by atoms with van der Waals surface area (Å²) in [7, 11) is 1.85. The van der Waals surface area contributed by atoms with Crippen LogP contribution in [0.1, 0.15) is 26.3 Å². The number of nitriles is 1. The average Bonchev–Trinajstić information content (AvgIpc) is 2.26. The number of carbonyl (C=O) groups is 1. The van der Waals surface area contributed by atoms with Crippen LogP contribution in [0.15, 0.2) is 24.3 Å². The summed E-state index contributed by atoms with van der Waals surface area (Å²) >= 11 is 0. The van der Waals surface area contributed by atoms with Crippen LogP contribution in [0.25, 0.3) is 0 Å². The standard InChI is InChI=1S/C14H19N3O/c1-14(2,3)16-13(18)10-17(4)12-7-5-11(9-15)6-8-12/h5-8H,10H2,1-4H3,(H,16,18). The molecule has 0 aliphatic carbocycles. The molecular weight excluding hydrogens is 226 g/mol. The molecule has 0 radical (unpaired) electrons. The molecule has 0 saturated heterocycles. The molecule has 1 rings (SSSR count). The van der Waals surface area contributed by atoms with Crippen molar-refractivity contribution in [3.8, 4) is 6.07 Å². The van der Waals surface area contributed by atoms with E-state index in [0.29, 0.717) is 12.1 Å². The number of amides is 1. The van der Waals surface area contributed by atoms with Crippen LogP contribution in [0.2, 0.25) is 0 Å². The zero-order valence-electron chi connectivity index (χ0n) is 11.3. The molecule has 0 aliphatic rings. The quantitative estimate of drug-likeness (QED) is 0.885. The number of benzene rings is 1. The molecule has 0 bridgehead atoms. The van der Waals surface area contributed by atoms with Crippen molar-refractivity contribution < 1.29 is 4.79 Å². The Morgan fingerprint density at radius 3 is 2.33 bits per heavy atom. The zero-order valence-corrected chi connectivity index (χ0v) is 11.3. The fourth-order valence-corrected chi connectivity index (χ4v) is 1.55. The summed E-state index contributed by atoms with van der Waals surface area (Å²) in [5.41, 5.74) is 1.31. The van der Waals surface area contributed by atoms with Gasteiger partial charge in [0.05, 0.1) is 18.2 Å². The van der Waals surface area contributed by atoms with E-state index in [2.05, 4.69) is 11.4 Å². The van der Waals surface area contributed by atoms with Gasteiger partial charge in [0.25, 0.3) is 0 Å². The number of anilines is 1. The van der Waals surface area contributed by atoms with Crippen molar-refractivity contribution in [3.63, 3.8) is 0 Å². The summed E-state index contributed by atoms with van der Waals surface area (Å²) in [6, 6.07) is 9.23. The summed E-state index contributed by atoms with van der Waals surface area (Å²) in [6.07, 6.45) is 0. The second-order valence-corrected chi connectivity index (χ2v) is 5.31. The maximum absolute atomic E-state index is 11.8. The van der Waals surface area contributed by atoms with Gasteiger partial charge in [0.2, 0.25) is 5.91 Å². The molecule has 1 N–H and O–H groups in total. The molecule has 4 nitrogen and oxygen atoms in total. The van der Waals surface area contributed by atoms with Crippen molar-refractivity contribution >= 4 is 11.6 Å². The Bertz CT molecular complexity index is 451. The average molecular weight is 245 g/mol. The van der Waals surface area contributed by atoms with Crippen LogP contribution in [0.4, 0.5) is 5.69 Å². The molecule has 0 unspecified atom stereocenters. The van der Waals surface area contributed by atoms with E-state index in [9.17, 15) is 4.79 Å². The molecule has 18 heavy (non-hydrogen) atoms. The highest BCUT2D eigenvalue weighted by Gasteiger charge is 2.15. The molecular formula is C14H19N3O. The normalized spacial score (nSPS) is 10.6. The van der Waals surface area contributed by atoms with Crippen LogP contribution in [-0.2, 0) is 4.79 Å². The Morgan fingerprint density at radius 1 is 1.33 bits per heavy atom. The third kappa shape index (κ3) is 4.46. The van der Waals surface area contributed by atoms with Crippen molar-refractivity contribution in [3.05, 3.63) is 29.8 Å². The van der Waals surface area contributed by atoms with Crippen LogP contribution in [0.5, 0.6) is 0 Å². The summed E-state index contributed by atoms with van der Waals surface area (Å²) in [5, 5.41) is 11.6. The minimum Gasteiger partial charge on any atom is -0.365 e. The number of nitrogens with zero attached hydrogens (tertiary/aromatic N) is 2. The summed E-state index contributed by atoms with van der Waals surface area (Å²) < 4.78 is 0. The van der Waals surface area contributed by atoms with Crippen molar-refractivity contribution in [2.24, 2.45) is 0 Å². The summed E-state index contributed by atoms with van der Waals surface area (Å²) in [6.45, 7) is 6.15. The van der Waals surface area contributed by atoms with Crippen LogP contribution in [-0.4, -0.2) is 25.0 Å². The third-order valence-electron chi connectivity index (χ3n) is 2.33. The Hall–Kier alpha value is -2.02. The predicted molar refractivity (Wildman–Crippen MR) is 72.3 cm³/mol. The second kappa shape index (κ2) is 5.54. The van der Waals surface area contributed by atoms with E-state index in [1.807, 2.05) is 44.9 Å². The molecule has 4 heteroatoms. The Labute approximate surface area is 108 Å². The monoisotopic (exact) mass is 245 g/mol. The first-order valence-electron chi connectivity index (χ1n) is 5.84. The molecule has 0 fully saturated rings. The predicted octanol–water partition coefficient (Wildman–Crippen LogP) is 1.91. The maximum atomic E-state index is 11.8. The van der Waals surface area contributed by atoms with E-state index in [1.165, 1.54) is 0 Å². The molecule has 96 valence electrons. The fourth-order valence-electron chi connectivity index (χ4n) is 1.55. The van der Waals surface area contributed by atoms with Gasteiger partial charge in [-0.05, 0) is 45.0 Å². The Morgan fingerprint density at radius 2 is 1.89 bits per heavy atom. The third-order valence-corrected chi connectivity index (χ3v) is 2.33. The molecule has 1 amide bonds. The van der Waals surface area contributed by atoms with E-state index in [1.54, 1.807) is 12.1 Å². The number of nitrogens with one attached hydrogen (secondary N) is 1. The van der Waals surface area contributed by atoms with Gasteiger partial charge in [-0.15, -0.1) is 0 Å². The van der Waals surface area contributed by atoms with Gasteiger partial charge in [-0.2, -0.15) is 5.26 Å². The lowest BCUT2D eigenvalue weighted by molar-refractivity contribution is -0.121. The minimum absolute atomic E-state index is 0.0191. The largest absolute Gasteiger partial charge is 0.365 e. The van der Waals surface area contributed by atoms with Crippen LogP contribution in [0.3, 0.4) is 0 Å². The molecule has 0 saturated carbocycles. The van der Waals surface area contributed by atoms with Crippen LogP contribution < -0.4 is 10.2 Å². The van der Waals surface area contributed by atoms with Gasteiger partial charge in [0.15, 0.2) is 0 Å². The summed E-state index contributed by atoms with van der Waals surface area (Å²) in [4.78, 5) is 13.6. The van der Waals surface area contributed by atoms with Crippen molar-refractivity contribution in [2.45, 2.75) is 26.3 Å². The van der Waals surface area contributed by atoms with Crippen molar-refractivity contribution in [2.75, 3.05) is 18.5 Å². The molecule has 0 aliphatic heterocycles. The molecule has 0 spiro atoms. The fraction of sp³-hybridized carbons (Fsp3) is 0.429. The first kappa shape index (κ1) is 14.0. The Kier molecular flexibility index (Phi) is 4.33. The van der Waals surface area contributed by atoms with Gasteiger partial charge in [-0.25, -0.2) is 0 Å². The highest BCUT2D eigenvalue weighted by atomic mass is 16.2. The number of hydrogen-bond donors (Lipinski definition) is 1. The second-order valence-electron chi connectivity index (χ2n) is 5.31. The highest BCUT2D eigenvalue weighted by Crippen LogP contribution is 2.13. The van der Waals surface area contributed by atoms with E-state index in [-0.39, 0.29) is 11.4 Å². The van der Waals surface area contributed by atoms with Gasteiger partial charge in [-0.3, -0.25) is 4.79 Å². The number of carbonyl (C=O) groups excluding carboxylic acids is 1. The molecule has 1 aromatic carbocycles. The lowest BCUT2D eigenvalue weighted by Gasteiger charge is -2.24.